The average molecular weight is 392 g/mol. The molecular formula is C24H24O5. The Morgan fingerprint density at radius 1 is 0.655 bits per heavy atom. The number of ether oxygens (including phenoxy) is 2. The molecule has 4 unspecified atom stereocenters. The van der Waals surface area contributed by atoms with Gasteiger partial charge in [-0.05, 0) is 16.7 Å². The topological polar surface area (TPSA) is 79.2 Å². The Bertz CT molecular complexity index is 804. The van der Waals surface area contributed by atoms with Gasteiger partial charge in [-0.25, -0.2) is 0 Å². The summed E-state index contributed by atoms with van der Waals surface area (Å²) in [6.45, 7) is -0.0199. The van der Waals surface area contributed by atoms with E-state index in [1.807, 2.05) is 91.0 Å². The second kappa shape index (κ2) is 8.45. The number of hydrogen-bond acceptors (Lipinski definition) is 5. The van der Waals surface area contributed by atoms with Gasteiger partial charge in [0.15, 0.2) is 6.29 Å². The minimum atomic E-state index is -1.43. The van der Waals surface area contributed by atoms with E-state index in [1.54, 1.807) is 0 Å². The van der Waals surface area contributed by atoms with Crippen molar-refractivity contribution in [2.45, 2.75) is 30.2 Å². The molecule has 0 radical (unpaired) electrons. The molecule has 5 nitrogen and oxygen atoms in total. The molecule has 3 aromatic rings. The molecule has 0 aromatic heterocycles. The monoisotopic (exact) mass is 392 g/mol. The van der Waals surface area contributed by atoms with Crippen LogP contribution in [0, 0.1) is 0 Å². The van der Waals surface area contributed by atoms with E-state index in [2.05, 4.69) is 0 Å². The van der Waals surface area contributed by atoms with Crippen molar-refractivity contribution in [3.8, 4) is 0 Å². The van der Waals surface area contributed by atoms with E-state index >= 15 is 0 Å². The Morgan fingerprint density at radius 3 is 1.41 bits per heavy atom. The first-order valence-corrected chi connectivity index (χ1v) is 9.63. The quantitative estimate of drug-likeness (QED) is 0.562. The predicted molar refractivity (Wildman–Crippen MR) is 108 cm³/mol. The number of rotatable bonds is 6. The van der Waals surface area contributed by atoms with Gasteiger partial charge in [0.25, 0.3) is 0 Å². The van der Waals surface area contributed by atoms with Crippen molar-refractivity contribution >= 4 is 0 Å². The molecular weight excluding hydrogens is 368 g/mol. The maximum atomic E-state index is 10.2. The molecule has 29 heavy (non-hydrogen) atoms. The minimum absolute atomic E-state index is 0.0199. The third kappa shape index (κ3) is 3.71. The van der Waals surface area contributed by atoms with Crippen LogP contribution < -0.4 is 0 Å². The van der Waals surface area contributed by atoms with Gasteiger partial charge in [-0.15, -0.1) is 0 Å². The SMILES string of the molecule is OC1OC(COC(c2ccccc2)(c2ccccc2)c2ccccc2)C(O)C1O. The van der Waals surface area contributed by atoms with Gasteiger partial charge in [-0.1, -0.05) is 91.0 Å². The lowest BCUT2D eigenvalue weighted by molar-refractivity contribution is -0.145. The van der Waals surface area contributed by atoms with Crippen LogP contribution in [0.2, 0.25) is 0 Å². The molecule has 1 heterocycles. The first-order valence-electron chi connectivity index (χ1n) is 9.63. The Balaban J connectivity index is 1.80. The highest BCUT2D eigenvalue weighted by molar-refractivity contribution is 5.47. The van der Waals surface area contributed by atoms with E-state index in [9.17, 15) is 15.3 Å². The first kappa shape index (κ1) is 19.8. The van der Waals surface area contributed by atoms with E-state index in [0.29, 0.717) is 0 Å². The minimum Gasteiger partial charge on any atom is -0.387 e. The second-order valence-electron chi connectivity index (χ2n) is 7.14. The highest BCUT2D eigenvalue weighted by Crippen LogP contribution is 2.41. The predicted octanol–water partition coefficient (Wildman–Crippen LogP) is 2.43. The third-order valence-electron chi connectivity index (χ3n) is 5.34. The number of benzene rings is 3. The molecule has 4 atom stereocenters. The van der Waals surface area contributed by atoms with Crippen LogP contribution >= 0.6 is 0 Å². The molecule has 3 aromatic carbocycles. The molecule has 4 rings (SSSR count). The van der Waals surface area contributed by atoms with Crippen LogP contribution in [-0.2, 0) is 15.1 Å². The van der Waals surface area contributed by atoms with Crippen molar-refractivity contribution < 1.29 is 24.8 Å². The zero-order chi connectivity index (χ0) is 20.3. The van der Waals surface area contributed by atoms with E-state index < -0.39 is 30.2 Å². The van der Waals surface area contributed by atoms with Crippen molar-refractivity contribution in [3.63, 3.8) is 0 Å². The Labute approximate surface area is 169 Å². The van der Waals surface area contributed by atoms with Gasteiger partial charge in [0.05, 0.1) is 6.61 Å². The van der Waals surface area contributed by atoms with Crippen molar-refractivity contribution in [2.24, 2.45) is 0 Å². The zero-order valence-corrected chi connectivity index (χ0v) is 15.8. The fourth-order valence-electron chi connectivity index (χ4n) is 3.84. The molecule has 1 fully saturated rings. The van der Waals surface area contributed by atoms with E-state index in [1.165, 1.54) is 0 Å². The van der Waals surface area contributed by atoms with Crippen molar-refractivity contribution in [1.29, 1.82) is 0 Å². The van der Waals surface area contributed by atoms with Gasteiger partial charge in [-0.3, -0.25) is 0 Å². The molecule has 3 N–H and O–H groups in total. The number of hydrogen-bond donors (Lipinski definition) is 3. The lowest BCUT2D eigenvalue weighted by Gasteiger charge is -2.37. The standard InChI is InChI=1S/C24H24O5/c25-21-20(29-23(27)22(21)26)16-28-24(17-10-4-1-5-11-17,18-12-6-2-7-13-18)19-14-8-3-9-15-19/h1-15,20-23,25-27H,16H2. The molecule has 0 spiro atoms. The van der Waals surface area contributed by atoms with E-state index in [-0.39, 0.29) is 6.61 Å². The largest absolute Gasteiger partial charge is 0.387 e. The normalized spacial score (nSPS) is 24.5. The number of aliphatic hydroxyl groups is 3. The van der Waals surface area contributed by atoms with Gasteiger partial charge in [0.1, 0.15) is 23.9 Å². The van der Waals surface area contributed by atoms with Gasteiger partial charge in [0, 0.05) is 0 Å². The highest BCUT2D eigenvalue weighted by Gasteiger charge is 2.44. The highest BCUT2D eigenvalue weighted by atomic mass is 16.7. The van der Waals surface area contributed by atoms with Crippen molar-refractivity contribution in [2.75, 3.05) is 6.61 Å². The summed E-state index contributed by atoms with van der Waals surface area (Å²) in [5.41, 5.74) is 1.81. The summed E-state index contributed by atoms with van der Waals surface area (Å²) >= 11 is 0. The average Bonchev–Trinajstić information content (AvgIpc) is 3.03. The molecule has 0 saturated carbocycles. The van der Waals surface area contributed by atoms with Crippen LogP contribution in [0.15, 0.2) is 91.0 Å². The summed E-state index contributed by atoms with van der Waals surface area (Å²) in [6.07, 6.45) is -4.87. The maximum absolute atomic E-state index is 10.2. The van der Waals surface area contributed by atoms with Gasteiger partial charge in [-0.2, -0.15) is 0 Å². The fourth-order valence-corrected chi connectivity index (χ4v) is 3.84. The van der Waals surface area contributed by atoms with Crippen LogP contribution in [0.1, 0.15) is 16.7 Å². The molecule has 0 aliphatic carbocycles. The summed E-state index contributed by atoms with van der Waals surface area (Å²) in [7, 11) is 0. The van der Waals surface area contributed by atoms with Crippen LogP contribution in [0.5, 0.6) is 0 Å². The van der Waals surface area contributed by atoms with Gasteiger partial charge < -0.3 is 24.8 Å². The maximum Gasteiger partial charge on any atom is 0.184 e. The van der Waals surface area contributed by atoms with Gasteiger partial charge in [0.2, 0.25) is 0 Å². The van der Waals surface area contributed by atoms with Crippen LogP contribution in [0.4, 0.5) is 0 Å². The summed E-state index contributed by atoms with van der Waals surface area (Å²) in [4.78, 5) is 0. The van der Waals surface area contributed by atoms with Gasteiger partial charge >= 0.3 is 0 Å². The van der Waals surface area contributed by atoms with Crippen LogP contribution in [0.3, 0.4) is 0 Å². The van der Waals surface area contributed by atoms with Crippen LogP contribution in [0.25, 0.3) is 0 Å². The number of aliphatic hydroxyl groups excluding tert-OH is 3. The molecule has 1 aliphatic rings. The van der Waals surface area contributed by atoms with Crippen molar-refractivity contribution in [3.05, 3.63) is 108 Å². The Kier molecular flexibility index (Phi) is 5.76. The van der Waals surface area contributed by atoms with Crippen molar-refractivity contribution in [1.82, 2.24) is 0 Å². The lowest BCUT2D eigenvalue weighted by Crippen LogP contribution is -2.39. The molecule has 1 aliphatic heterocycles. The third-order valence-corrected chi connectivity index (χ3v) is 5.34. The lowest BCUT2D eigenvalue weighted by atomic mass is 9.80. The summed E-state index contributed by atoms with van der Waals surface area (Å²) in [5.74, 6) is 0. The van der Waals surface area contributed by atoms with E-state index in [0.717, 1.165) is 16.7 Å². The summed E-state index contributed by atoms with van der Waals surface area (Å²) in [5, 5.41) is 29.8. The smallest absolute Gasteiger partial charge is 0.184 e. The molecule has 0 bridgehead atoms. The Hall–Kier alpha value is -2.54. The summed E-state index contributed by atoms with van der Waals surface area (Å²) < 4.78 is 11.9. The molecule has 0 amide bonds. The molecule has 150 valence electrons. The second-order valence-corrected chi connectivity index (χ2v) is 7.14. The molecule has 1 saturated heterocycles. The fraction of sp³-hybridized carbons (Fsp3) is 0.250. The Morgan fingerprint density at radius 2 is 1.07 bits per heavy atom. The summed E-state index contributed by atoms with van der Waals surface area (Å²) in [6, 6.07) is 29.5. The zero-order valence-electron chi connectivity index (χ0n) is 15.8. The van der Waals surface area contributed by atoms with Crippen LogP contribution in [-0.4, -0.2) is 46.5 Å². The van der Waals surface area contributed by atoms with E-state index in [4.69, 9.17) is 9.47 Å². The first-order chi connectivity index (χ1) is 14.1. The molecule has 5 heteroatoms.